The van der Waals surface area contributed by atoms with Gasteiger partial charge in [-0.15, -0.1) is 0 Å². The molecule has 166 valence electrons. The summed E-state index contributed by atoms with van der Waals surface area (Å²) in [6.45, 7) is 9.57. The number of piperidine rings is 1. The molecule has 1 fully saturated rings. The van der Waals surface area contributed by atoms with Crippen LogP contribution in [-0.2, 0) is 19.0 Å². The number of fused-ring (bicyclic) bond motifs is 1. The molecule has 0 radical (unpaired) electrons. The van der Waals surface area contributed by atoms with Crippen LogP contribution in [0.3, 0.4) is 0 Å². The maximum absolute atomic E-state index is 12.3. The highest BCUT2D eigenvalue weighted by Gasteiger charge is 2.23. The van der Waals surface area contributed by atoms with Crippen molar-refractivity contribution >= 4 is 16.9 Å². The Labute approximate surface area is 182 Å². The van der Waals surface area contributed by atoms with Gasteiger partial charge in [-0.25, -0.2) is 14.6 Å². The summed E-state index contributed by atoms with van der Waals surface area (Å²) in [5.41, 5.74) is 1.64. The van der Waals surface area contributed by atoms with Crippen molar-refractivity contribution in [2.45, 2.75) is 58.0 Å². The molecular weight excluding hydrogens is 392 g/mol. The van der Waals surface area contributed by atoms with E-state index in [2.05, 4.69) is 51.2 Å². The van der Waals surface area contributed by atoms with Crippen LogP contribution in [-0.4, -0.2) is 60.1 Å². The zero-order valence-corrected chi connectivity index (χ0v) is 18.9. The maximum atomic E-state index is 12.3. The summed E-state index contributed by atoms with van der Waals surface area (Å²) < 4.78 is 3.37. The number of anilines is 1. The van der Waals surface area contributed by atoms with Gasteiger partial charge in [0.2, 0.25) is 0 Å². The second-order valence-electron chi connectivity index (χ2n) is 9.32. The van der Waals surface area contributed by atoms with Crippen molar-refractivity contribution in [2.75, 3.05) is 25.0 Å². The zero-order valence-electron chi connectivity index (χ0n) is 18.9. The molecule has 0 bridgehead atoms. The minimum Gasteiger partial charge on any atom is -0.368 e. The van der Waals surface area contributed by atoms with Crippen LogP contribution in [0.25, 0.3) is 11.0 Å². The lowest BCUT2D eigenvalue weighted by molar-refractivity contribution is 0.147. The largest absolute Gasteiger partial charge is 0.368 e. The van der Waals surface area contributed by atoms with E-state index >= 15 is 0 Å². The highest BCUT2D eigenvalue weighted by Crippen LogP contribution is 2.21. The fourth-order valence-electron chi connectivity index (χ4n) is 4.14. The average molecular weight is 425 g/mol. The number of nitrogens with zero attached hydrogens (tertiary/aromatic N) is 7. The molecule has 1 atom stereocenters. The predicted octanol–water partition coefficient (Wildman–Crippen LogP) is 2.18. The Morgan fingerprint density at radius 1 is 1.16 bits per heavy atom. The molecule has 0 aromatic carbocycles. The molecule has 0 amide bonds. The Hall–Kier alpha value is -2.81. The Morgan fingerprint density at radius 2 is 2.00 bits per heavy atom. The van der Waals surface area contributed by atoms with Gasteiger partial charge in [-0.2, -0.15) is 10.2 Å². The minimum atomic E-state index is -0.0811. The molecule has 1 N–H and O–H groups in total. The molecule has 9 nitrogen and oxygen atoms in total. The minimum absolute atomic E-state index is 0.0420. The molecule has 3 aromatic heterocycles. The van der Waals surface area contributed by atoms with Crippen LogP contribution in [0, 0.1) is 0 Å². The third kappa shape index (κ3) is 4.76. The van der Waals surface area contributed by atoms with Gasteiger partial charge in [0.25, 0.3) is 5.56 Å². The number of aryl methyl sites for hydroxylation is 1. The number of aromatic nitrogens is 6. The van der Waals surface area contributed by atoms with E-state index in [9.17, 15) is 4.79 Å². The number of rotatable bonds is 6. The summed E-state index contributed by atoms with van der Waals surface area (Å²) in [6, 6.07) is 3.86. The van der Waals surface area contributed by atoms with E-state index in [1.165, 1.54) is 12.8 Å². The van der Waals surface area contributed by atoms with E-state index in [0.29, 0.717) is 12.6 Å². The molecule has 4 heterocycles. The monoisotopic (exact) mass is 424 g/mol. The van der Waals surface area contributed by atoms with E-state index in [1.807, 2.05) is 13.1 Å². The summed E-state index contributed by atoms with van der Waals surface area (Å²) in [4.78, 5) is 23.5. The number of hydrogen-bond acceptors (Lipinski definition) is 7. The first-order valence-electron chi connectivity index (χ1n) is 11.0. The standard InChI is InChI=1S/C22H32N8O/c1-22(2,3)18-8-9-19(31)30(27-18)12-11-29-10-6-5-7-16(29)13-23-20-17-14-26-28(4)21(17)25-15-24-20/h8-9,14-16H,5-7,10-13H2,1-4H3,(H,23,24,25). The lowest BCUT2D eigenvalue weighted by Crippen LogP contribution is -2.45. The molecule has 0 aliphatic carbocycles. The van der Waals surface area contributed by atoms with E-state index in [0.717, 1.165) is 48.6 Å². The lowest BCUT2D eigenvalue weighted by atomic mass is 9.92. The van der Waals surface area contributed by atoms with Crippen LogP contribution in [0.2, 0.25) is 0 Å². The van der Waals surface area contributed by atoms with Gasteiger partial charge in [0.1, 0.15) is 12.1 Å². The predicted molar refractivity (Wildman–Crippen MR) is 121 cm³/mol. The van der Waals surface area contributed by atoms with Crippen molar-refractivity contribution in [1.82, 2.24) is 34.4 Å². The van der Waals surface area contributed by atoms with Gasteiger partial charge < -0.3 is 5.32 Å². The highest BCUT2D eigenvalue weighted by molar-refractivity contribution is 5.85. The van der Waals surface area contributed by atoms with Gasteiger partial charge in [0.05, 0.1) is 23.8 Å². The first kappa shape index (κ1) is 21.4. The molecular formula is C22H32N8O. The fourth-order valence-corrected chi connectivity index (χ4v) is 4.14. The third-order valence-electron chi connectivity index (χ3n) is 6.02. The van der Waals surface area contributed by atoms with Gasteiger partial charge in [-0.1, -0.05) is 27.2 Å². The summed E-state index contributed by atoms with van der Waals surface area (Å²) in [6.07, 6.45) is 6.90. The van der Waals surface area contributed by atoms with Crippen LogP contribution < -0.4 is 10.9 Å². The van der Waals surface area contributed by atoms with Crippen molar-refractivity contribution in [3.05, 3.63) is 40.7 Å². The number of nitrogens with one attached hydrogen (secondary N) is 1. The first-order valence-corrected chi connectivity index (χ1v) is 11.0. The smallest absolute Gasteiger partial charge is 0.266 e. The average Bonchev–Trinajstić information content (AvgIpc) is 3.13. The van der Waals surface area contributed by atoms with Gasteiger partial charge in [-0.05, 0) is 25.5 Å². The van der Waals surface area contributed by atoms with Crippen molar-refractivity contribution in [3.63, 3.8) is 0 Å². The quantitative estimate of drug-likeness (QED) is 0.648. The van der Waals surface area contributed by atoms with Crippen LogP contribution >= 0.6 is 0 Å². The van der Waals surface area contributed by atoms with Crippen molar-refractivity contribution in [3.8, 4) is 0 Å². The maximum Gasteiger partial charge on any atom is 0.266 e. The van der Waals surface area contributed by atoms with E-state index < -0.39 is 0 Å². The second kappa shape index (κ2) is 8.74. The number of likely N-dealkylation sites (tertiary alicyclic amines) is 1. The summed E-state index contributed by atoms with van der Waals surface area (Å²) in [5.74, 6) is 0.819. The second-order valence-corrected chi connectivity index (χ2v) is 9.32. The first-order chi connectivity index (χ1) is 14.8. The fraction of sp³-hybridized carbons (Fsp3) is 0.591. The topological polar surface area (TPSA) is 93.8 Å². The third-order valence-corrected chi connectivity index (χ3v) is 6.02. The van der Waals surface area contributed by atoms with Crippen LogP contribution in [0.15, 0.2) is 29.5 Å². The van der Waals surface area contributed by atoms with Gasteiger partial charge in [-0.3, -0.25) is 14.4 Å². The molecule has 3 aromatic rings. The molecule has 9 heteroatoms. The van der Waals surface area contributed by atoms with Gasteiger partial charge in [0.15, 0.2) is 5.65 Å². The highest BCUT2D eigenvalue weighted by atomic mass is 16.1. The van der Waals surface area contributed by atoms with E-state index in [1.54, 1.807) is 28.0 Å². The molecule has 0 saturated carbocycles. The summed E-state index contributed by atoms with van der Waals surface area (Å²) in [7, 11) is 1.88. The molecule has 1 aliphatic heterocycles. The zero-order chi connectivity index (χ0) is 22.0. The number of hydrogen-bond donors (Lipinski definition) is 1. The Bertz CT molecular complexity index is 1100. The van der Waals surface area contributed by atoms with Crippen LogP contribution in [0.4, 0.5) is 5.82 Å². The Balaban J connectivity index is 1.43. The summed E-state index contributed by atoms with van der Waals surface area (Å²) in [5, 5.41) is 13.3. The SMILES string of the molecule is Cn1ncc2c(NCC3CCCCN3CCn3nc(C(C)(C)C)ccc3=O)ncnc21. The summed E-state index contributed by atoms with van der Waals surface area (Å²) >= 11 is 0. The van der Waals surface area contributed by atoms with Gasteiger partial charge >= 0.3 is 0 Å². The molecule has 31 heavy (non-hydrogen) atoms. The van der Waals surface area contributed by atoms with Crippen LogP contribution in [0.1, 0.15) is 45.7 Å². The molecule has 1 aliphatic rings. The van der Waals surface area contributed by atoms with Gasteiger partial charge in [0, 0.05) is 37.7 Å². The van der Waals surface area contributed by atoms with Crippen molar-refractivity contribution < 1.29 is 0 Å². The molecule has 1 saturated heterocycles. The molecule has 0 spiro atoms. The molecule has 4 rings (SSSR count). The Kier molecular flexibility index (Phi) is 6.04. The van der Waals surface area contributed by atoms with Crippen LogP contribution in [0.5, 0.6) is 0 Å². The lowest BCUT2D eigenvalue weighted by Gasteiger charge is -2.36. The van der Waals surface area contributed by atoms with Crippen molar-refractivity contribution in [1.29, 1.82) is 0 Å². The van der Waals surface area contributed by atoms with Crippen molar-refractivity contribution in [2.24, 2.45) is 7.05 Å². The molecule has 1 unspecified atom stereocenters. The Morgan fingerprint density at radius 3 is 2.81 bits per heavy atom. The normalized spacial score (nSPS) is 17.9. The van der Waals surface area contributed by atoms with E-state index in [-0.39, 0.29) is 11.0 Å². The van der Waals surface area contributed by atoms with E-state index in [4.69, 9.17) is 0 Å².